The molecule has 0 radical (unpaired) electrons. The molecule has 0 unspecified atom stereocenters. The van der Waals surface area contributed by atoms with Gasteiger partial charge < -0.3 is 15.4 Å². The Morgan fingerprint density at radius 1 is 1.00 bits per heavy atom. The van der Waals surface area contributed by atoms with Crippen LogP contribution < -0.4 is 10.6 Å². The van der Waals surface area contributed by atoms with Crippen LogP contribution in [0.15, 0.2) is 42.5 Å². The van der Waals surface area contributed by atoms with Crippen LogP contribution in [0.25, 0.3) is 0 Å². The summed E-state index contributed by atoms with van der Waals surface area (Å²) >= 11 is 0. The highest BCUT2D eigenvalue weighted by molar-refractivity contribution is 5.90. The van der Waals surface area contributed by atoms with Crippen molar-refractivity contribution in [1.29, 1.82) is 0 Å². The minimum atomic E-state index is -0.196. The molecule has 0 saturated carbocycles. The van der Waals surface area contributed by atoms with Crippen LogP contribution in [0.5, 0.6) is 0 Å². The SMILES string of the molecule is COCc1ccc(CNC(=O)Nc2c(C)cccc2C)cc1. The molecule has 0 atom stereocenters. The molecule has 0 aliphatic rings. The second-order valence-corrected chi connectivity index (χ2v) is 5.32. The van der Waals surface area contributed by atoms with Crippen molar-refractivity contribution in [3.63, 3.8) is 0 Å². The molecule has 0 bridgehead atoms. The highest BCUT2D eigenvalue weighted by Crippen LogP contribution is 2.19. The standard InChI is InChI=1S/C18H22N2O2/c1-13-5-4-6-14(2)17(13)20-18(21)19-11-15-7-9-16(10-8-15)12-22-3/h4-10H,11-12H2,1-3H3,(H2,19,20,21). The number of ether oxygens (including phenoxy) is 1. The summed E-state index contributed by atoms with van der Waals surface area (Å²) in [6.45, 7) is 5.05. The minimum absolute atomic E-state index is 0.196. The van der Waals surface area contributed by atoms with Crippen molar-refractivity contribution in [2.45, 2.75) is 27.0 Å². The summed E-state index contributed by atoms with van der Waals surface area (Å²) in [5.74, 6) is 0. The van der Waals surface area contributed by atoms with Gasteiger partial charge in [0.1, 0.15) is 0 Å². The number of aryl methyl sites for hydroxylation is 2. The number of nitrogens with one attached hydrogen (secondary N) is 2. The predicted molar refractivity (Wildman–Crippen MR) is 88.9 cm³/mol. The van der Waals surface area contributed by atoms with Crippen molar-refractivity contribution in [3.8, 4) is 0 Å². The van der Waals surface area contributed by atoms with Gasteiger partial charge in [0.25, 0.3) is 0 Å². The van der Waals surface area contributed by atoms with E-state index < -0.39 is 0 Å². The maximum Gasteiger partial charge on any atom is 0.319 e. The van der Waals surface area contributed by atoms with Gasteiger partial charge in [0.2, 0.25) is 0 Å². The smallest absolute Gasteiger partial charge is 0.319 e. The summed E-state index contributed by atoms with van der Waals surface area (Å²) in [4.78, 5) is 12.0. The summed E-state index contributed by atoms with van der Waals surface area (Å²) < 4.78 is 5.07. The number of carbonyl (C=O) groups excluding carboxylic acids is 1. The van der Waals surface area contributed by atoms with Gasteiger partial charge in [-0.1, -0.05) is 42.5 Å². The van der Waals surface area contributed by atoms with Crippen molar-refractivity contribution in [1.82, 2.24) is 5.32 Å². The van der Waals surface area contributed by atoms with E-state index in [0.717, 1.165) is 27.9 Å². The van der Waals surface area contributed by atoms with Crippen molar-refractivity contribution in [3.05, 3.63) is 64.7 Å². The van der Waals surface area contributed by atoms with Gasteiger partial charge >= 0.3 is 6.03 Å². The monoisotopic (exact) mass is 298 g/mol. The first kappa shape index (κ1) is 16.0. The molecule has 2 aromatic rings. The largest absolute Gasteiger partial charge is 0.380 e. The van der Waals surface area contributed by atoms with E-state index in [1.54, 1.807) is 7.11 Å². The Labute approximate surface area is 131 Å². The Balaban J connectivity index is 1.90. The number of amides is 2. The third-order valence-corrected chi connectivity index (χ3v) is 3.51. The van der Waals surface area contributed by atoms with E-state index in [1.165, 1.54) is 0 Å². The van der Waals surface area contributed by atoms with E-state index in [1.807, 2.05) is 56.3 Å². The van der Waals surface area contributed by atoms with Crippen LogP contribution in [0.3, 0.4) is 0 Å². The molecule has 0 aliphatic carbocycles. The number of anilines is 1. The van der Waals surface area contributed by atoms with E-state index in [0.29, 0.717) is 13.2 Å². The quantitative estimate of drug-likeness (QED) is 0.882. The average Bonchev–Trinajstić information content (AvgIpc) is 2.51. The number of carbonyl (C=O) groups is 1. The number of hydrogen-bond acceptors (Lipinski definition) is 2. The fourth-order valence-corrected chi connectivity index (χ4v) is 2.27. The molecule has 0 aromatic heterocycles. The highest BCUT2D eigenvalue weighted by atomic mass is 16.5. The minimum Gasteiger partial charge on any atom is -0.380 e. The van der Waals surface area contributed by atoms with E-state index in [-0.39, 0.29) is 6.03 Å². The Morgan fingerprint density at radius 2 is 1.59 bits per heavy atom. The number of rotatable bonds is 5. The van der Waals surface area contributed by atoms with Crippen LogP contribution in [0.1, 0.15) is 22.3 Å². The summed E-state index contributed by atoms with van der Waals surface area (Å²) in [5, 5.41) is 5.78. The molecule has 4 heteroatoms. The second-order valence-electron chi connectivity index (χ2n) is 5.32. The van der Waals surface area contributed by atoms with Crippen LogP contribution in [-0.2, 0) is 17.9 Å². The zero-order chi connectivity index (χ0) is 15.9. The maximum absolute atomic E-state index is 12.0. The first-order valence-electron chi connectivity index (χ1n) is 7.28. The molecule has 2 rings (SSSR count). The fraction of sp³-hybridized carbons (Fsp3) is 0.278. The molecule has 2 N–H and O–H groups in total. The first-order valence-corrected chi connectivity index (χ1v) is 7.28. The number of urea groups is 1. The summed E-state index contributed by atoms with van der Waals surface area (Å²) in [7, 11) is 1.67. The molecule has 0 heterocycles. The number of methoxy groups -OCH3 is 1. The molecule has 116 valence electrons. The maximum atomic E-state index is 12.0. The zero-order valence-electron chi connectivity index (χ0n) is 13.3. The molecule has 2 aromatic carbocycles. The van der Waals surface area contributed by atoms with Gasteiger partial charge in [-0.05, 0) is 36.1 Å². The third kappa shape index (κ3) is 4.33. The molecule has 0 aliphatic heterocycles. The Morgan fingerprint density at radius 3 is 2.18 bits per heavy atom. The lowest BCUT2D eigenvalue weighted by molar-refractivity contribution is 0.185. The van der Waals surface area contributed by atoms with Gasteiger partial charge in [-0.15, -0.1) is 0 Å². The van der Waals surface area contributed by atoms with Gasteiger partial charge in [0.05, 0.1) is 6.61 Å². The Kier molecular flexibility index (Phi) is 5.55. The van der Waals surface area contributed by atoms with Gasteiger partial charge in [0, 0.05) is 19.3 Å². The lowest BCUT2D eigenvalue weighted by atomic mass is 10.1. The van der Waals surface area contributed by atoms with Crippen LogP contribution in [0.2, 0.25) is 0 Å². The van der Waals surface area contributed by atoms with Crippen molar-refractivity contribution in [2.24, 2.45) is 0 Å². The lowest BCUT2D eigenvalue weighted by Gasteiger charge is -2.12. The van der Waals surface area contributed by atoms with Gasteiger partial charge in [-0.25, -0.2) is 4.79 Å². The van der Waals surface area contributed by atoms with Gasteiger partial charge in [0.15, 0.2) is 0 Å². The predicted octanol–water partition coefficient (Wildman–Crippen LogP) is 3.77. The van der Waals surface area contributed by atoms with Crippen molar-refractivity contribution < 1.29 is 9.53 Å². The molecule has 0 saturated heterocycles. The van der Waals surface area contributed by atoms with Gasteiger partial charge in [-0.2, -0.15) is 0 Å². The molecule has 0 spiro atoms. The van der Waals surface area contributed by atoms with Gasteiger partial charge in [-0.3, -0.25) is 0 Å². The van der Waals surface area contributed by atoms with Crippen LogP contribution >= 0.6 is 0 Å². The molecular formula is C18H22N2O2. The third-order valence-electron chi connectivity index (χ3n) is 3.51. The number of para-hydroxylation sites is 1. The van der Waals surface area contributed by atoms with Crippen molar-refractivity contribution in [2.75, 3.05) is 12.4 Å². The zero-order valence-corrected chi connectivity index (χ0v) is 13.3. The van der Waals surface area contributed by atoms with E-state index in [4.69, 9.17) is 4.74 Å². The van der Waals surface area contributed by atoms with E-state index in [2.05, 4.69) is 10.6 Å². The number of hydrogen-bond donors (Lipinski definition) is 2. The summed E-state index contributed by atoms with van der Waals surface area (Å²) in [5.41, 5.74) is 5.15. The van der Waals surface area contributed by atoms with Crippen LogP contribution in [-0.4, -0.2) is 13.1 Å². The fourth-order valence-electron chi connectivity index (χ4n) is 2.27. The van der Waals surface area contributed by atoms with Crippen molar-refractivity contribution >= 4 is 11.7 Å². The average molecular weight is 298 g/mol. The lowest BCUT2D eigenvalue weighted by Crippen LogP contribution is -2.28. The molecule has 4 nitrogen and oxygen atoms in total. The molecule has 22 heavy (non-hydrogen) atoms. The highest BCUT2D eigenvalue weighted by Gasteiger charge is 2.06. The van der Waals surface area contributed by atoms with E-state index >= 15 is 0 Å². The first-order chi connectivity index (χ1) is 10.6. The second kappa shape index (κ2) is 7.61. The normalized spacial score (nSPS) is 10.3. The van der Waals surface area contributed by atoms with E-state index in [9.17, 15) is 4.79 Å². The molecular weight excluding hydrogens is 276 g/mol. The van der Waals surface area contributed by atoms with Crippen LogP contribution in [0.4, 0.5) is 10.5 Å². The topological polar surface area (TPSA) is 50.4 Å². The molecule has 0 fully saturated rings. The number of benzene rings is 2. The Hall–Kier alpha value is -2.33. The summed E-state index contributed by atoms with van der Waals surface area (Å²) in [6.07, 6.45) is 0. The summed E-state index contributed by atoms with van der Waals surface area (Å²) in [6, 6.07) is 13.7. The Bertz CT molecular complexity index is 616. The van der Waals surface area contributed by atoms with Crippen LogP contribution in [0, 0.1) is 13.8 Å². The molecule has 2 amide bonds.